The Bertz CT molecular complexity index is 814. The number of carboxylic acids is 1. The molecule has 5 nitrogen and oxygen atoms in total. The van der Waals surface area contributed by atoms with Gasteiger partial charge < -0.3 is 19.5 Å². The van der Waals surface area contributed by atoms with Gasteiger partial charge >= 0.3 is 0 Å². The number of hydrogen-bond donors (Lipinski definition) is 0. The Morgan fingerprint density at radius 3 is 2.52 bits per heavy atom. The van der Waals surface area contributed by atoms with Gasteiger partial charge in [0.15, 0.2) is 0 Å². The minimum Gasteiger partial charge on any atom is -0.547 e. The van der Waals surface area contributed by atoms with E-state index in [2.05, 4.69) is 0 Å². The highest BCUT2D eigenvalue weighted by atomic mass is 16.6. The van der Waals surface area contributed by atoms with Crippen LogP contribution >= 0.6 is 0 Å². The normalized spacial score (nSPS) is 25.3. The van der Waals surface area contributed by atoms with Crippen molar-refractivity contribution in [2.24, 2.45) is 0 Å². The van der Waals surface area contributed by atoms with Gasteiger partial charge in [-0.1, -0.05) is 30.3 Å². The summed E-state index contributed by atoms with van der Waals surface area (Å²) in [5, 5.41) is 10.9. The summed E-state index contributed by atoms with van der Waals surface area (Å²) in [6.07, 6.45) is -0.911. The first-order chi connectivity index (χ1) is 11.0. The van der Waals surface area contributed by atoms with E-state index in [4.69, 9.17) is 4.74 Å². The molecule has 0 radical (unpaired) electrons. The highest BCUT2D eigenvalue weighted by Gasteiger charge is 2.54. The van der Waals surface area contributed by atoms with Crippen LogP contribution in [0.1, 0.15) is 28.4 Å². The molecule has 0 aliphatic carbocycles. The Kier molecular flexibility index (Phi) is 2.83. The number of fused-ring (bicyclic) bond motifs is 1. The Morgan fingerprint density at radius 2 is 1.91 bits per heavy atom. The SMILES string of the molecule is C[C@@]1(c2ccc(N3Cc4ccccc4C3=O)cc2)O[C@@H]1C(=O)[O-]. The molecule has 5 heteroatoms. The molecule has 2 aliphatic heterocycles. The van der Waals surface area contributed by atoms with Crippen molar-refractivity contribution in [1.82, 2.24) is 0 Å². The molecule has 1 fully saturated rings. The number of nitrogens with zero attached hydrogens (tertiary/aromatic N) is 1. The first-order valence-corrected chi connectivity index (χ1v) is 7.40. The quantitative estimate of drug-likeness (QED) is 0.799. The molecule has 0 saturated carbocycles. The second-order valence-corrected chi connectivity index (χ2v) is 6.02. The van der Waals surface area contributed by atoms with Crippen molar-refractivity contribution in [2.75, 3.05) is 4.90 Å². The largest absolute Gasteiger partial charge is 0.547 e. The number of amides is 1. The van der Waals surface area contributed by atoms with Crippen LogP contribution in [0, 0.1) is 0 Å². The van der Waals surface area contributed by atoms with Crippen LogP contribution in [-0.2, 0) is 21.7 Å². The first-order valence-electron chi connectivity index (χ1n) is 7.40. The summed E-state index contributed by atoms with van der Waals surface area (Å²) in [6, 6.07) is 14.8. The summed E-state index contributed by atoms with van der Waals surface area (Å²) in [5.41, 5.74) is 2.45. The molecule has 2 aliphatic rings. The van der Waals surface area contributed by atoms with Gasteiger partial charge in [-0.05, 0) is 36.2 Å². The second kappa shape index (κ2) is 4.67. The van der Waals surface area contributed by atoms with Crippen molar-refractivity contribution in [1.29, 1.82) is 0 Å². The van der Waals surface area contributed by atoms with E-state index in [1.807, 2.05) is 36.4 Å². The fraction of sp³-hybridized carbons (Fsp3) is 0.222. The van der Waals surface area contributed by atoms with Crippen LogP contribution in [0.3, 0.4) is 0 Å². The highest BCUT2D eigenvalue weighted by Crippen LogP contribution is 2.46. The van der Waals surface area contributed by atoms with E-state index in [1.165, 1.54) is 0 Å². The van der Waals surface area contributed by atoms with Crippen molar-refractivity contribution in [3.8, 4) is 0 Å². The van der Waals surface area contributed by atoms with Crippen LogP contribution in [0.25, 0.3) is 0 Å². The summed E-state index contributed by atoms with van der Waals surface area (Å²) in [5.74, 6) is -1.23. The lowest BCUT2D eigenvalue weighted by Crippen LogP contribution is -2.31. The van der Waals surface area contributed by atoms with E-state index in [1.54, 1.807) is 24.0 Å². The molecule has 0 unspecified atom stereocenters. The van der Waals surface area contributed by atoms with Gasteiger partial charge in [-0.25, -0.2) is 0 Å². The lowest BCUT2D eigenvalue weighted by Gasteiger charge is -2.17. The van der Waals surface area contributed by atoms with Crippen molar-refractivity contribution >= 4 is 17.6 Å². The summed E-state index contributed by atoms with van der Waals surface area (Å²) >= 11 is 0. The maximum absolute atomic E-state index is 12.4. The maximum Gasteiger partial charge on any atom is 0.258 e. The van der Waals surface area contributed by atoms with Crippen LogP contribution in [0.5, 0.6) is 0 Å². The van der Waals surface area contributed by atoms with E-state index in [0.717, 1.165) is 22.4 Å². The molecule has 116 valence electrons. The molecule has 2 heterocycles. The van der Waals surface area contributed by atoms with Crippen molar-refractivity contribution in [3.63, 3.8) is 0 Å². The lowest BCUT2D eigenvalue weighted by atomic mass is 9.97. The van der Waals surface area contributed by atoms with E-state index >= 15 is 0 Å². The average molecular weight is 308 g/mol. The van der Waals surface area contributed by atoms with Crippen LogP contribution in [0.2, 0.25) is 0 Å². The molecule has 0 aromatic heterocycles. The maximum atomic E-state index is 12.4. The highest BCUT2D eigenvalue weighted by molar-refractivity contribution is 6.09. The standard InChI is InChI=1S/C18H15NO4/c1-18(15(23-18)17(21)22)12-6-8-13(9-7-12)19-10-11-4-2-3-5-14(11)16(19)20/h2-9,15H,10H2,1H3,(H,21,22)/p-1/t15-,18+/m1/s1. The third kappa shape index (κ3) is 2.04. The Balaban J connectivity index is 1.59. The van der Waals surface area contributed by atoms with Crippen LogP contribution < -0.4 is 10.0 Å². The minimum atomic E-state index is -1.21. The molecule has 0 spiro atoms. The van der Waals surface area contributed by atoms with E-state index in [0.29, 0.717) is 6.54 Å². The van der Waals surface area contributed by atoms with Gasteiger partial charge in [0.1, 0.15) is 11.7 Å². The molecule has 1 saturated heterocycles. The number of carbonyl (C=O) groups excluding carboxylic acids is 2. The van der Waals surface area contributed by atoms with Gasteiger partial charge in [0, 0.05) is 11.3 Å². The van der Waals surface area contributed by atoms with Crippen molar-refractivity contribution in [2.45, 2.75) is 25.2 Å². The molecule has 4 rings (SSSR count). The summed E-state index contributed by atoms with van der Waals surface area (Å²) in [4.78, 5) is 25.1. The number of aliphatic carboxylic acids is 1. The molecule has 2 atom stereocenters. The number of anilines is 1. The lowest BCUT2D eigenvalue weighted by molar-refractivity contribution is -0.307. The summed E-state index contributed by atoms with van der Waals surface area (Å²) in [6.45, 7) is 2.27. The Morgan fingerprint density at radius 1 is 1.22 bits per heavy atom. The zero-order chi connectivity index (χ0) is 16.2. The smallest absolute Gasteiger partial charge is 0.258 e. The van der Waals surface area contributed by atoms with Crippen LogP contribution in [0.4, 0.5) is 5.69 Å². The van der Waals surface area contributed by atoms with E-state index < -0.39 is 17.7 Å². The topological polar surface area (TPSA) is 73.0 Å². The zero-order valence-electron chi connectivity index (χ0n) is 12.5. The number of ether oxygens (including phenoxy) is 1. The zero-order valence-corrected chi connectivity index (χ0v) is 12.5. The number of rotatable bonds is 3. The van der Waals surface area contributed by atoms with Gasteiger partial charge in [-0.3, -0.25) is 4.79 Å². The van der Waals surface area contributed by atoms with Crippen molar-refractivity contribution in [3.05, 3.63) is 65.2 Å². The van der Waals surface area contributed by atoms with Gasteiger partial charge in [-0.2, -0.15) is 0 Å². The fourth-order valence-electron chi connectivity index (χ4n) is 3.14. The molecule has 2 aromatic carbocycles. The number of benzene rings is 2. The van der Waals surface area contributed by atoms with Gasteiger partial charge in [0.25, 0.3) is 5.91 Å². The number of epoxide rings is 1. The van der Waals surface area contributed by atoms with Gasteiger partial charge in [0.2, 0.25) is 0 Å². The molecule has 2 aromatic rings. The third-order valence-corrected chi connectivity index (χ3v) is 4.59. The van der Waals surface area contributed by atoms with Crippen molar-refractivity contribution < 1.29 is 19.4 Å². The average Bonchev–Trinajstić information content (AvgIpc) is 3.16. The van der Waals surface area contributed by atoms with E-state index in [-0.39, 0.29) is 5.91 Å². The summed E-state index contributed by atoms with van der Waals surface area (Å²) < 4.78 is 5.25. The number of carbonyl (C=O) groups is 2. The van der Waals surface area contributed by atoms with Gasteiger partial charge in [0.05, 0.1) is 12.5 Å². The molecular weight excluding hydrogens is 294 g/mol. The monoisotopic (exact) mass is 308 g/mol. The first kappa shape index (κ1) is 14.0. The molecule has 0 bridgehead atoms. The Labute approximate surface area is 133 Å². The number of carboxylic acid groups (broad SMARTS) is 1. The fourth-order valence-corrected chi connectivity index (χ4v) is 3.14. The minimum absolute atomic E-state index is 0.0187. The molecular formula is C18H14NO4-. The van der Waals surface area contributed by atoms with Crippen LogP contribution in [0.15, 0.2) is 48.5 Å². The van der Waals surface area contributed by atoms with Crippen LogP contribution in [-0.4, -0.2) is 18.0 Å². The predicted octanol–water partition coefficient (Wildman–Crippen LogP) is 1.21. The second-order valence-electron chi connectivity index (χ2n) is 6.02. The molecule has 1 amide bonds. The molecule has 0 N–H and O–H groups in total. The van der Waals surface area contributed by atoms with Gasteiger partial charge in [-0.15, -0.1) is 0 Å². The molecule has 23 heavy (non-hydrogen) atoms. The third-order valence-electron chi connectivity index (χ3n) is 4.59. The Hall–Kier alpha value is -2.66. The predicted molar refractivity (Wildman–Crippen MR) is 80.6 cm³/mol. The summed E-state index contributed by atoms with van der Waals surface area (Å²) in [7, 11) is 0. The number of hydrogen-bond acceptors (Lipinski definition) is 4. The van der Waals surface area contributed by atoms with E-state index in [9.17, 15) is 14.7 Å².